The molecule has 19 heavy (non-hydrogen) atoms. The molecule has 1 saturated carbocycles. The minimum Gasteiger partial charge on any atom is -0.480 e. The van der Waals surface area contributed by atoms with Gasteiger partial charge >= 0.3 is 12.0 Å². The van der Waals surface area contributed by atoms with E-state index in [1.807, 2.05) is 17.7 Å². The fraction of sp³-hybridized carbons (Fsp3) is 0.538. The molecule has 1 aliphatic carbocycles. The smallest absolute Gasteiger partial charge is 0.326 e. The fourth-order valence-electron chi connectivity index (χ4n) is 1.86. The number of carboxylic acid groups (broad SMARTS) is 1. The van der Waals surface area contributed by atoms with Crippen LogP contribution >= 0.6 is 11.3 Å². The summed E-state index contributed by atoms with van der Waals surface area (Å²) in [7, 11) is 0. The van der Waals surface area contributed by atoms with E-state index >= 15 is 0 Å². The predicted octanol–water partition coefficient (Wildman–Crippen LogP) is 2.11. The lowest BCUT2D eigenvalue weighted by Gasteiger charge is -2.14. The molecule has 1 heterocycles. The number of aryl methyl sites for hydroxylation is 1. The number of thiophene rings is 1. The molecule has 0 aliphatic heterocycles. The Balaban J connectivity index is 1.78. The third kappa shape index (κ3) is 4.24. The monoisotopic (exact) mass is 282 g/mol. The van der Waals surface area contributed by atoms with Gasteiger partial charge in [-0.2, -0.15) is 11.3 Å². The van der Waals surface area contributed by atoms with E-state index in [-0.39, 0.29) is 0 Å². The second kappa shape index (κ2) is 6.06. The van der Waals surface area contributed by atoms with E-state index in [1.54, 1.807) is 11.3 Å². The number of hydrogen-bond donors (Lipinski definition) is 3. The quantitative estimate of drug-likeness (QED) is 0.747. The largest absolute Gasteiger partial charge is 0.480 e. The van der Waals surface area contributed by atoms with E-state index in [0.717, 1.165) is 24.0 Å². The van der Waals surface area contributed by atoms with Crippen molar-refractivity contribution in [3.8, 4) is 0 Å². The zero-order valence-electron chi connectivity index (χ0n) is 10.8. The Morgan fingerprint density at radius 2 is 2.21 bits per heavy atom. The number of rotatable bonds is 6. The first-order valence-corrected chi connectivity index (χ1v) is 7.29. The summed E-state index contributed by atoms with van der Waals surface area (Å²) < 4.78 is 0. The summed E-state index contributed by atoms with van der Waals surface area (Å²) in [6.07, 6.45) is 2.67. The maximum absolute atomic E-state index is 11.7. The van der Waals surface area contributed by atoms with Gasteiger partial charge in [0.15, 0.2) is 0 Å². The van der Waals surface area contributed by atoms with Crippen molar-refractivity contribution in [1.82, 2.24) is 10.6 Å². The van der Waals surface area contributed by atoms with Crippen molar-refractivity contribution in [3.05, 3.63) is 21.9 Å². The number of carbonyl (C=O) groups excluding carboxylic acids is 1. The Kier molecular flexibility index (Phi) is 4.42. The Hall–Kier alpha value is -1.56. The van der Waals surface area contributed by atoms with Crippen LogP contribution in [0, 0.1) is 12.8 Å². The Morgan fingerprint density at radius 1 is 1.47 bits per heavy atom. The maximum atomic E-state index is 11.7. The summed E-state index contributed by atoms with van der Waals surface area (Å²) in [5.41, 5.74) is 2.20. The molecule has 0 aromatic carbocycles. The number of carboxylic acids is 1. The van der Waals surface area contributed by atoms with Gasteiger partial charge < -0.3 is 15.7 Å². The molecule has 0 unspecified atom stereocenters. The standard InChI is InChI=1S/C13H18N2O3S/c1-8-6-19-7-10(8)5-14-13(18)15-11(12(16)17)4-9-2-3-9/h6-7,9,11H,2-5H2,1H3,(H,16,17)(H2,14,15,18)/t11-/m0/s1. The first kappa shape index (κ1) is 13.9. The van der Waals surface area contributed by atoms with Gasteiger partial charge in [-0.3, -0.25) is 0 Å². The number of nitrogens with one attached hydrogen (secondary N) is 2. The average Bonchev–Trinajstić information content (AvgIpc) is 3.07. The summed E-state index contributed by atoms with van der Waals surface area (Å²) in [5.74, 6) is -0.505. The Labute approximate surface area is 116 Å². The van der Waals surface area contributed by atoms with Crippen LogP contribution in [0.25, 0.3) is 0 Å². The minimum atomic E-state index is -0.964. The zero-order chi connectivity index (χ0) is 13.8. The van der Waals surface area contributed by atoms with Crippen LogP contribution < -0.4 is 10.6 Å². The van der Waals surface area contributed by atoms with Gasteiger partial charge in [0, 0.05) is 6.54 Å². The van der Waals surface area contributed by atoms with Gasteiger partial charge in [0.2, 0.25) is 0 Å². The predicted molar refractivity (Wildman–Crippen MR) is 73.2 cm³/mol. The highest BCUT2D eigenvalue weighted by Gasteiger charge is 2.30. The Morgan fingerprint density at radius 3 is 2.74 bits per heavy atom. The molecule has 2 rings (SSSR count). The highest BCUT2D eigenvalue weighted by molar-refractivity contribution is 7.08. The molecule has 5 nitrogen and oxygen atoms in total. The van der Waals surface area contributed by atoms with Crippen molar-refractivity contribution < 1.29 is 14.7 Å². The van der Waals surface area contributed by atoms with Crippen molar-refractivity contribution in [2.24, 2.45) is 5.92 Å². The lowest BCUT2D eigenvalue weighted by molar-refractivity contribution is -0.139. The van der Waals surface area contributed by atoms with Gasteiger partial charge in [-0.25, -0.2) is 9.59 Å². The zero-order valence-corrected chi connectivity index (χ0v) is 11.6. The molecule has 2 amide bonds. The van der Waals surface area contributed by atoms with Crippen LogP contribution in [0.5, 0.6) is 0 Å². The normalized spacial score (nSPS) is 15.8. The average molecular weight is 282 g/mol. The van der Waals surface area contributed by atoms with E-state index in [2.05, 4.69) is 10.6 Å². The number of aliphatic carboxylic acids is 1. The van der Waals surface area contributed by atoms with Crippen LogP contribution in [0.3, 0.4) is 0 Å². The summed E-state index contributed by atoms with van der Waals surface area (Å²) in [6.45, 7) is 2.41. The van der Waals surface area contributed by atoms with E-state index in [0.29, 0.717) is 18.9 Å². The minimum absolute atomic E-state index is 0.418. The van der Waals surface area contributed by atoms with Gasteiger partial charge in [-0.1, -0.05) is 12.8 Å². The van der Waals surface area contributed by atoms with E-state index in [4.69, 9.17) is 5.11 Å². The SMILES string of the molecule is Cc1cscc1CNC(=O)N[C@@H](CC1CC1)C(=O)O. The van der Waals surface area contributed by atoms with Gasteiger partial charge in [-0.05, 0) is 41.1 Å². The number of carbonyl (C=O) groups is 2. The number of hydrogen-bond acceptors (Lipinski definition) is 3. The molecule has 1 aromatic heterocycles. The number of amides is 2. The van der Waals surface area contributed by atoms with Crippen molar-refractivity contribution in [3.63, 3.8) is 0 Å². The van der Waals surface area contributed by atoms with Crippen LogP contribution in [0.2, 0.25) is 0 Å². The summed E-state index contributed by atoms with van der Waals surface area (Å²) in [5, 5.41) is 18.3. The lowest BCUT2D eigenvalue weighted by atomic mass is 10.1. The van der Waals surface area contributed by atoms with E-state index in [1.165, 1.54) is 0 Å². The molecule has 0 saturated heterocycles. The summed E-state index contributed by atoms with van der Waals surface area (Å²) in [6, 6.07) is -1.20. The molecule has 1 atom stereocenters. The molecule has 104 valence electrons. The molecule has 0 radical (unpaired) electrons. The molecular weight excluding hydrogens is 264 g/mol. The highest BCUT2D eigenvalue weighted by Crippen LogP contribution is 2.33. The van der Waals surface area contributed by atoms with Crippen molar-refractivity contribution in [1.29, 1.82) is 0 Å². The van der Waals surface area contributed by atoms with Gasteiger partial charge in [0.25, 0.3) is 0 Å². The van der Waals surface area contributed by atoms with E-state index < -0.39 is 18.0 Å². The maximum Gasteiger partial charge on any atom is 0.326 e. The summed E-state index contributed by atoms with van der Waals surface area (Å²) in [4.78, 5) is 22.7. The first-order valence-electron chi connectivity index (χ1n) is 6.35. The van der Waals surface area contributed by atoms with Crippen LogP contribution in [-0.2, 0) is 11.3 Å². The van der Waals surface area contributed by atoms with Gasteiger partial charge in [0.1, 0.15) is 6.04 Å². The van der Waals surface area contributed by atoms with Crippen LogP contribution in [0.4, 0.5) is 4.79 Å². The molecular formula is C13H18N2O3S. The van der Waals surface area contributed by atoms with Crippen LogP contribution in [-0.4, -0.2) is 23.1 Å². The molecule has 1 aromatic rings. The first-order chi connectivity index (χ1) is 9.06. The Bertz CT molecular complexity index is 468. The lowest BCUT2D eigenvalue weighted by Crippen LogP contribution is -2.46. The molecule has 0 bridgehead atoms. The van der Waals surface area contributed by atoms with Gasteiger partial charge in [0.05, 0.1) is 0 Å². The second-order valence-corrected chi connectivity index (χ2v) is 5.72. The summed E-state index contributed by atoms with van der Waals surface area (Å²) >= 11 is 1.59. The highest BCUT2D eigenvalue weighted by atomic mass is 32.1. The third-order valence-corrected chi connectivity index (χ3v) is 4.18. The van der Waals surface area contributed by atoms with Gasteiger partial charge in [-0.15, -0.1) is 0 Å². The van der Waals surface area contributed by atoms with Crippen molar-refractivity contribution in [2.45, 2.75) is 38.8 Å². The number of urea groups is 1. The fourth-order valence-corrected chi connectivity index (χ4v) is 2.72. The molecule has 1 fully saturated rings. The molecule has 0 spiro atoms. The topological polar surface area (TPSA) is 78.4 Å². The molecule has 1 aliphatic rings. The van der Waals surface area contributed by atoms with Crippen molar-refractivity contribution >= 4 is 23.3 Å². The van der Waals surface area contributed by atoms with Crippen molar-refractivity contribution in [2.75, 3.05) is 0 Å². The third-order valence-electron chi connectivity index (χ3n) is 3.27. The van der Waals surface area contributed by atoms with Crippen LogP contribution in [0.15, 0.2) is 10.8 Å². The second-order valence-electron chi connectivity index (χ2n) is 4.98. The molecule has 3 N–H and O–H groups in total. The molecule has 6 heteroatoms. The van der Waals surface area contributed by atoms with E-state index in [9.17, 15) is 9.59 Å². The van der Waals surface area contributed by atoms with Crippen LogP contribution in [0.1, 0.15) is 30.4 Å².